The van der Waals surface area contributed by atoms with E-state index >= 15 is 0 Å². The number of carbonyl (C=O) groups excluding carboxylic acids is 1. The van der Waals surface area contributed by atoms with E-state index in [0.717, 1.165) is 12.2 Å². The zero-order chi connectivity index (χ0) is 12.7. The first-order chi connectivity index (χ1) is 8.17. The number of nitrogens with one attached hydrogen (secondary N) is 1. The number of rotatable bonds is 6. The average Bonchev–Trinajstić information content (AvgIpc) is 2.36. The van der Waals surface area contributed by atoms with Gasteiger partial charge in [-0.2, -0.15) is 0 Å². The van der Waals surface area contributed by atoms with Crippen molar-refractivity contribution in [1.82, 2.24) is 5.32 Å². The zero-order valence-electron chi connectivity index (χ0n) is 10.3. The fourth-order valence-corrected chi connectivity index (χ4v) is 1.28. The smallest absolute Gasteiger partial charge is 0.251 e. The number of hydrogen-bond acceptors (Lipinski definition) is 3. The van der Waals surface area contributed by atoms with Crippen molar-refractivity contribution in [1.29, 1.82) is 0 Å². The molecule has 0 bridgehead atoms. The van der Waals surface area contributed by atoms with Gasteiger partial charge >= 0.3 is 0 Å². The quantitative estimate of drug-likeness (QED) is 0.790. The SMILES string of the molecule is CCCOc1ccc(C(=O)NC(C)CO)cc1. The van der Waals surface area contributed by atoms with Gasteiger partial charge in [-0.05, 0) is 37.6 Å². The van der Waals surface area contributed by atoms with Gasteiger partial charge in [-0.15, -0.1) is 0 Å². The van der Waals surface area contributed by atoms with Gasteiger partial charge in [0.05, 0.1) is 13.2 Å². The Kier molecular flexibility index (Phi) is 5.49. The maximum absolute atomic E-state index is 11.7. The number of aliphatic hydroxyl groups excluding tert-OH is 1. The lowest BCUT2D eigenvalue weighted by Gasteiger charge is -2.11. The number of amides is 1. The van der Waals surface area contributed by atoms with Crippen molar-refractivity contribution >= 4 is 5.91 Å². The molecule has 2 N–H and O–H groups in total. The summed E-state index contributed by atoms with van der Waals surface area (Å²) in [5.74, 6) is 0.576. The zero-order valence-corrected chi connectivity index (χ0v) is 10.3. The number of benzene rings is 1. The fraction of sp³-hybridized carbons (Fsp3) is 0.462. The molecule has 1 atom stereocenters. The molecule has 0 aliphatic heterocycles. The normalized spacial score (nSPS) is 11.9. The third-order valence-electron chi connectivity index (χ3n) is 2.24. The monoisotopic (exact) mass is 237 g/mol. The van der Waals surface area contributed by atoms with Crippen molar-refractivity contribution in [3.8, 4) is 5.75 Å². The Bertz CT molecular complexity index is 348. The first kappa shape index (κ1) is 13.5. The van der Waals surface area contributed by atoms with Gasteiger partial charge in [-0.3, -0.25) is 4.79 Å². The van der Waals surface area contributed by atoms with Crippen molar-refractivity contribution in [2.24, 2.45) is 0 Å². The molecule has 1 aromatic rings. The van der Waals surface area contributed by atoms with E-state index in [4.69, 9.17) is 9.84 Å². The predicted molar refractivity (Wildman–Crippen MR) is 66.2 cm³/mol. The molecule has 4 nitrogen and oxygen atoms in total. The molecule has 1 unspecified atom stereocenters. The Morgan fingerprint density at radius 2 is 2.06 bits per heavy atom. The summed E-state index contributed by atoms with van der Waals surface area (Å²) in [6.45, 7) is 4.39. The van der Waals surface area contributed by atoms with Crippen LogP contribution in [0.2, 0.25) is 0 Å². The van der Waals surface area contributed by atoms with Gasteiger partial charge < -0.3 is 15.2 Å². The maximum Gasteiger partial charge on any atom is 0.251 e. The van der Waals surface area contributed by atoms with Gasteiger partial charge in [-0.25, -0.2) is 0 Å². The molecule has 0 saturated carbocycles. The Morgan fingerprint density at radius 3 is 2.59 bits per heavy atom. The van der Waals surface area contributed by atoms with Crippen molar-refractivity contribution in [2.45, 2.75) is 26.3 Å². The molecule has 0 aromatic heterocycles. The third-order valence-corrected chi connectivity index (χ3v) is 2.24. The van der Waals surface area contributed by atoms with E-state index in [1.54, 1.807) is 31.2 Å². The predicted octanol–water partition coefficient (Wildman–Crippen LogP) is 1.59. The number of aliphatic hydroxyl groups is 1. The summed E-state index contributed by atoms with van der Waals surface area (Å²) >= 11 is 0. The highest BCUT2D eigenvalue weighted by Gasteiger charge is 2.08. The molecular formula is C13H19NO3. The second kappa shape index (κ2) is 6.91. The van der Waals surface area contributed by atoms with Crippen LogP contribution >= 0.6 is 0 Å². The minimum atomic E-state index is -0.237. The molecule has 94 valence electrons. The van der Waals surface area contributed by atoms with Crippen LogP contribution in [0.15, 0.2) is 24.3 Å². The van der Waals surface area contributed by atoms with Crippen LogP contribution < -0.4 is 10.1 Å². The average molecular weight is 237 g/mol. The molecule has 0 heterocycles. The van der Waals surface area contributed by atoms with Crippen molar-refractivity contribution in [2.75, 3.05) is 13.2 Å². The van der Waals surface area contributed by atoms with E-state index in [2.05, 4.69) is 5.32 Å². The van der Waals surface area contributed by atoms with Crippen LogP contribution in [0.3, 0.4) is 0 Å². The number of ether oxygens (including phenoxy) is 1. The van der Waals surface area contributed by atoms with Gasteiger partial charge in [0.2, 0.25) is 0 Å². The van der Waals surface area contributed by atoms with Gasteiger partial charge in [0, 0.05) is 11.6 Å². The summed E-state index contributed by atoms with van der Waals surface area (Å²) < 4.78 is 5.42. The van der Waals surface area contributed by atoms with Gasteiger partial charge in [0.25, 0.3) is 5.91 Å². The highest BCUT2D eigenvalue weighted by Crippen LogP contribution is 2.12. The maximum atomic E-state index is 11.7. The Morgan fingerprint density at radius 1 is 1.41 bits per heavy atom. The first-order valence-electron chi connectivity index (χ1n) is 5.82. The second-order valence-electron chi connectivity index (χ2n) is 3.93. The van der Waals surface area contributed by atoms with Gasteiger partial charge in [0.15, 0.2) is 0 Å². The molecule has 17 heavy (non-hydrogen) atoms. The van der Waals surface area contributed by atoms with Crippen LogP contribution in [0.4, 0.5) is 0 Å². The van der Waals surface area contributed by atoms with Gasteiger partial charge in [0.1, 0.15) is 5.75 Å². The molecule has 0 aliphatic carbocycles. The van der Waals surface area contributed by atoms with E-state index in [1.165, 1.54) is 0 Å². The molecule has 0 aliphatic rings. The number of hydrogen-bond donors (Lipinski definition) is 2. The Labute approximate surface area is 102 Å². The van der Waals surface area contributed by atoms with E-state index in [9.17, 15) is 4.79 Å². The van der Waals surface area contributed by atoms with Crippen LogP contribution in [0.5, 0.6) is 5.75 Å². The molecule has 0 radical (unpaired) electrons. The van der Waals surface area contributed by atoms with E-state index in [1.807, 2.05) is 6.92 Å². The highest BCUT2D eigenvalue weighted by molar-refractivity contribution is 5.94. The highest BCUT2D eigenvalue weighted by atomic mass is 16.5. The molecule has 0 fully saturated rings. The molecule has 4 heteroatoms. The molecule has 1 amide bonds. The molecule has 0 saturated heterocycles. The summed E-state index contributed by atoms with van der Waals surface area (Å²) in [6, 6.07) is 6.73. The van der Waals surface area contributed by atoms with Crippen LogP contribution in [0.25, 0.3) is 0 Å². The second-order valence-corrected chi connectivity index (χ2v) is 3.93. The minimum Gasteiger partial charge on any atom is -0.494 e. The Hall–Kier alpha value is -1.55. The summed E-state index contributed by atoms with van der Waals surface area (Å²) in [4.78, 5) is 11.7. The van der Waals surface area contributed by atoms with E-state index in [0.29, 0.717) is 12.2 Å². The first-order valence-corrected chi connectivity index (χ1v) is 5.82. The molecule has 1 rings (SSSR count). The van der Waals surface area contributed by atoms with Gasteiger partial charge in [-0.1, -0.05) is 6.92 Å². The molecule has 1 aromatic carbocycles. The van der Waals surface area contributed by atoms with Crippen LogP contribution in [0.1, 0.15) is 30.6 Å². The molecule has 0 spiro atoms. The van der Waals surface area contributed by atoms with Crippen LogP contribution in [-0.4, -0.2) is 30.3 Å². The van der Waals surface area contributed by atoms with Crippen LogP contribution in [0, 0.1) is 0 Å². The van der Waals surface area contributed by atoms with Crippen molar-refractivity contribution in [3.63, 3.8) is 0 Å². The summed E-state index contributed by atoms with van der Waals surface area (Å²) in [5.41, 5.74) is 0.564. The van der Waals surface area contributed by atoms with E-state index in [-0.39, 0.29) is 18.6 Å². The lowest BCUT2D eigenvalue weighted by Crippen LogP contribution is -2.34. The largest absolute Gasteiger partial charge is 0.494 e. The number of carbonyl (C=O) groups is 1. The summed E-state index contributed by atoms with van der Waals surface area (Å²) in [7, 11) is 0. The van der Waals surface area contributed by atoms with Crippen molar-refractivity contribution < 1.29 is 14.6 Å². The molecular weight excluding hydrogens is 218 g/mol. The standard InChI is InChI=1S/C13H19NO3/c1-3-8-17-12-6-4-11(5-7-12)13(16)14-10(2)9-15/h4-7,10,15H,3,8-9H2,1-2H3,(H,14,16). The minimum absolute atomic E-state index is 0.0660. The lowest BCUT2D eigenvalue weighted by atomic mass is 10.2. The lowest BCUT2D eigenvalue weighted by molar-refractivity contribution is 0.0922. The van der Waals surface area contributed by atoms with Crippen LogP contribution in [-0.2, 0) is 0 Å². The third kappa shape index (κ3) is 4.44. The summed E-state index contributed by atoms with van der Waals surface area (Å²) in [6.07, 6.45) is 0.955. The Balaban J connectivity index is 2.57. The summed E-state index contributed by atoms with van der Waals surface area (Å²) in [5, 5.41) is 11.5. The topological polar surface area (TPSA) is 58.6 Å². The van der Waals surface area contributed by atoms with E-state index < -0.39 is 0 Å². The fourth-order valence-electron chi connectivity index (χ4n) is 1.28. The van der Waals surface area contributed by atoms with Crippen molar-refractivity contribution in [3.05, 3.63) is 29.8 Å².